The van der Waals surface area contributed by atoms with E-state index in [1.54, 1.807) is 39.3 Å². The van der Waals surface area contributed by atoms with E-state index in [9.17, 15) is 4.79 Å². The monoisotopic (exact) mass is 222 g/mol. The first-order valence-corrected chi connectivity index (χ1v) is 5.04. The maximum absolute atomic E-state index is 11.6. The summed E-state index contributed by atoms with van der Waals surface area (Å²) in [4.78, 5) is 15.4. The third-order valence-electron chi connectivity index (χ3n) is 1.65. The molecular weight excluding hydrogens is 204 g/mol. The molecule has 5 heteroatoms. The highest BCUT2D eigenvalue weighted by atomic mass is 16.1. The molecule has 0 aliphatic rings. The number of amides is 1. The largest absolute Gasteiger partial charge is 0.345 e. The Morgan fingerprint density at radius 1 is 1.38 bits per heavy atom. The second-order valence-corrected chi connectivity index (χ2v) is 3.00. The Bertz CT molecular complexity index is 340. The number of nitrogens with one attached hydrogen (secondary N) is 1. The summed E-state index contributed by atoms with van der Waals surface area (Å²) in [5.41, 5.74) is 1.14. The normalized spacial score (nSPS) is 13.8. The van der Waals surface area contributed by atoms with E-state index in [1.807, 2.05) is 6.92 Å². The van der Waals surface area contributed by atoms with E-state index in [0.717, 1.165) is 5.71 Å². The molecular formula is C11H18N4O. The summed E-state index contributed by atoms with van der Waals surface area (Å²) in [5, 5.41) is 10.3. The van der Waals surface area contributed by atoms with Gasteiger partial charge in [-0.25, -0.2) is 0 Å². The molecule has 1 N–H and O–H groups in total. The number of carbonyl (C=O) groups is 1. The van der Waals surface area contributed by atoms with Crippen LogP contribution in [-0.2, 0) is 4.79 Å². The molecule has 88 valence electrons. The van der Waals surface area contributed by atoms with Crippen molar-refractivity contribution in [2.75, 3.05) is 13.6 Å². The van der Waals surface area contributed by atoms with Gasteiger partial charge in [-0.2, -0.15) is 10.2 Å². The predicted octanol–water partition coefficient (Wildman–Crippen LogP) is 1.22. The van der Waals surface area contributed by atoms with Crippen LogP contribution in [0.2, 0.25) is 0 Å². The minimum atomic E-state index is -0.212. The molecule has 0 spiro atoms. The van der Waals surface area contributed by atoms with E-state index in [-0.39, 0.29) is 5.91 Å². The first kappa shape index (κ1) is 14.2. The fourth-order valence-corrected chi connectivity index (χ4v) is 0.900. The number of carbonyl (C=O) groups excluding carboxylic acids is 1. The van der Waals surface area contributed by atoms with Gasteiger partial charge in [0.15, 0.2) is 0 Å². The van der Waals surface area contributed by atoms with Crippen LogP contribution in [0.1, 0.15) is 20.8 Å². The van der Waals surface area contributed by atoms with E-state index in [1.165, 1.54) is 0 Å². The topological polar surface area (TPSA) is 66.2 Å². The van der Waals surface area contributed by atoms with Crippen molar-refractivity contribution >= 4 is 23.5 Å². The third kappa shape index (κ3) is 5.85. The zero-order chi connectivity index (χ0) is 12.4. The van der Waals surface area contributed by atoms with Gasteiger partial charge in [0.25, 0.3) is 5.91 Å². The second-order valence-electron chi connectivity index (χ2n) is 3.00. The van der Waals surface area contributed by atoms with Crippen LogP contribution in [0.15, 0.2) is 27.3 Å². The molecule has 0 aromatic carbocycles. The lowest BCUT2D eigenvalue weighted by molar-refractivity contribution is -0.114. The Morgan fingerprint density at radius 3 is 2.56 bits per heavy atom. The molecule has 0 unspecified atom stereocenters. The van der Waals surface area contributed by atoms with Crippen LogP contribution >= 0.6 is 0 Å². The predicted molar refractivity (Wildman–Crippen MR) is 68.5 cm³/mol. The van der Waals surface area contributed by atoms with Crippen LogP contribution in [-0.4, -0.2) is 37.1 Å². The average Bonchev–Trinajstić information content (AvgIpc) is 2.30. The number of aliphatic imine (C=N–C) groups is 1. The van der Waals surface area contributed by atoms with Crippen molar-refractivity contribution in [3.8, 4) is 0 Å². The SMILES string of the molecule is C/C=C\C(=NC)C(=O)NC/C(C)=N/N=C\C. The smallest absolute Gasteiger partial charge is 0.269 e. The Balaban J connectivity index is 4.26. The minimum absolute atomic E-state index is 0.212. The Labute approximate surface area is 96.1 Å². The third-order valence-corrected chi connectivity index (χ3v) is 1.65. The van der Waals surface area contributed by atoms with Gasteiger partial charge in [-0.1, -0.05) is 6.08 Å². The number of rotatable bonds is 5. The summed E-state index contributed by atoms with van der Waals surface area (Å²) >= 11 is 0. The summed E-state index contributed by atoms with van der Waals surface area (Å²) < 4.78 is 0. The Kier molecular flexibility index (Phi) is 7.57. The molecule has 5 nitrogen and oxygen atoms in total. The van der Waals surface area contributed by atoms with E-state index in [2.05, 4.69) is 20.5 Å². The first-order chi connectivity index (χ1) is 7.65. The number of allylic oxidation sites excluding steroid dienone is 1. The molecule has 0 saturated heterocycles. The molecule has 0 aromatic rings. The van der Waals surface area contributed by atoms with E-state index in [0.29, 0.717) is 12.3 Å². The van der Waals surface area contributed by atoms with Gasteiger partial charge in [0.05, 0.1) is 12.3 Å². The van der Waals surface area contributed by atoms with Crippen LogP contribution in [0, 0.1) is 0 Å². The molecule has 0 radical (unpaired) electrons. The first-order valence-electron chi connectivity index (χ1n) is 5.04. The maximum Gasteiger partial charge on any atom is 0.269 e. The van der Waals surface area contributed by atoms with Gasteiger partial charge in [-0.15, -0.1) is 0 Å². The van der Waals surface area contributed by atoms with Gasteiger partial charge < -0.3 is 5.32 Å². The molecule has 1 amide bonds. The summed E-state index contributed by atoms with van der Waals surface area (Å²) in [6, 6.07) is 0. The summed E-state index contributed by atoms with van der Waals surface area (Å²) in [7, 11) is 1.58. The Morgan fingerprint density at radius 2 is 2.06 bits per heavy atom. The van der Waals surface area contributed by atoms with Gasteiger partial charge in [-0.3, -0.25) is 9.79 Å². The van der Waals surface area contributed by atoms with E-state index in [4.69, 9.17) is 0 Å². The lowest BCUT2D eigenvalue weighted by Gasteiger charge is -2.03. The Hall–Kier alpha value is -1.78. The van der Waals surface area contributed by atoms with E-state index >= 15 is 0 Å². The van der Waals surface area contributed by atoms with E-state index < -0.39 is 0 Å². The standard InChI is InChI=1S/C11H18N4O/c1-5-7-10(12-4)11(16)13-8-9(3)15-14-6-2/h5-7H,8H2,1-4H3,(H,13,16)/b7-5-,12-10?,14-6-,15-9+. The molecule has 0 atom stereocenters. The average molecular weight is 222 g/mol. The van der Waals surface area contributed by atoms with Crippen LogP contribution in [0.25, 0.3) is 0 Å². The molecule has 0 rings (SSSR count). The lowest BCUT2D eigenvalue weighted by Crippen LogP contribution is -2.33. The molecule has 16 heavy (non-hydrogen) atoms. The molecule has 0 aliphatic carbocycles. The van der Waals surface area contributed by atoms with Crippen molar-refractivity contribution in [2.45, 2.75) is 20.8 Å². The van der Waals surface area contributed by atoms with Crippen LogP contribution in [0.4, 0.5) is 0 Å². The van der Waals surface area contributed by atoms with Gasteiger partial charge in [0.1, 0.15) is 5.71 Å². The molecule has 0 aliphatic heterocycles. The van der Waals surface area contributed by atoms with Crippen LogP contribution in [0.3, 0.4) is 0 Å². The zero-order valence-electron chi connectivity index (χ0n) is 10.2. The highest BCUT2D eigenvalue weighted by molar-refractivity contribution is 6.43. The van der Waals surface area contributed by atoms with Crippen molar-refractivity contribution < 1.29 is 4.79 Å². The highest BCUT2D eigenvalue weighted by Crippen LogP contribution is 1.84. The zero-order valence-corrected chi connectivity index (χ0v) is 10.2. The van der Waals surface area contributed by atoms with Crippen LogP contribution in [0.5, 0.6) is 0 Å². The highest BCUT2D eigenvalue weighted by Gasteiger charge is 2.06. The van der Waals surface area contributed by atoms with Crippen molar-refractivity contribution in [3.05, 3.63) is 12.2 Å². The number of nitrogens with zero attached hydrogens (tertiary/aromatic N) is 3. The van der Waals surface area contributed by atoms with Crippen LogP contribution < -0.4 is 5.32 Å². The van der Waals surface area contributed by atoms with Gasteiger partial charge in [0, 0.05) is 13.3 Å². The number of hydrogen-bond acceptors (Lipinski definition) is 4. The van der Waals surface area contributed by atoms with Gasteiger partial charge in [0.2, 0.25) is 0 Å². The van der Waals surface area contributed by atoms with Crippen molar-refractivity contribution in [2.24, 2.45) is 15.2 Å². The summed E-state index contributed by atoms with van der Waals surface area (Å²) in [6.45, 7) is 5.78. The minimum Gasteiger partial charge on any atom is -0.345 e. The van der Waals surface area contributed by atoms with Crippen molar-refractivity contribution in [1.29, 1.82) is 0 Å². The van der Waals surface area contributed by atoms with Gasteiger partial charge in [-0.05, 0) is 26.8 Å². The molecule has 0 bridgehead atoms. The van der Waals surface area contributed by atoms with Crippen molar-refractivity contribution in [1.82, 2.24) is 5.32 Å². The fourth-order valence-electron chi connectivity index (χ4n) is 0.900. The molecule has 0 fully saturated rings. The fraction of sp³-hybridized carbons (Fsp3) is 0.455. The number of hydrogen-bond donors (Lipinski definition) is 1. The summed E-state index contributed by atoms with van der Waals surface area (Å²) in [6.07, 6.45) is 5.01. The maximum atomic E-state index is 11.6. The second kappa shape index (κ2) is 8.52. The molecule has 0 heterocycles. The quantitative estimate of drug-likeness (QED) is 0.551. The molecule has 0 saturated carbocycles. The van der Waals surface area contributed by atoms with Crippen molar-refractivity contribution in [3.63, 3.8) is 0 Å². The van der Waals surface area contributed by atoms with Gasteiger partial charge >= 0.3 is 0 Å². The summed E-state index contributed by atoms with van der Waals surface area (Å²) in [5.74, 6) is -0.212. The lowest BCUT2D eigenvalue weighted by atomic mass is 10.3. The molecule has 0 aromatic heterocycles.